The Kier molecular flexibility index (Phi) is 6.06. The van der Waals surface area contributed by atoms with E-state index >= 15 is 0 Å². The molecule has 0 spiro atoms. The van der Waals surface area contributed by atoms with Crippen molar-refractivity contribution in [2.45, 2.75) is 12.4 Å². The summed E-state index contributed by atoms with van der Waals surface area (Å²) in [5, 5.41) is 3.91. The topological polar surface area (TPSA) is 67.7 Å². The van der Waals surface area contributed by atoms with Gasteiger partial charge in [-0.05, 0) is 30.3 Å². The van der Waals surface area contributed by atoms with Gasteiger partial charge < -0.3 is 5.43 Å². The second-order valence-corrected chi connectivity index (χ2v) is 5.95. The Morgan fingerprint density at radius 3 is 2.23 bits per heavy atom. The summed E-state index contributed by atoms with van der Waals surface area (Å²) in [5.41, 5.74) is 2.44. The predicted molar refractivity (Wildman–Crippen MR) is 96.7 cm³/mol. The Labute approximate surface area is 166 Å². The fourth-order valence-electron chi connectivity index (χ4n) is 2.36. The number of anilines is 1. The fraction of sp³-hybridized carbons (Fsp3) is 0.167. The predicted octanol–water partition coefficient (Wildman–Crippen LogP) is 4.47. The number of hydrazine groups is 1. The molecule has 12 heteroatoms. The average molecular weight is 428 g/mol. The molecule has 2 heterocycles. The van der Waals surface area contributed by atoms with Crippen molar-refractivity contribution in [1.82, 2.24) is 25.2 Å². The largest absolute Gasteiger partial charge is 0.416 e. The number of nitrogens with zero attached hydrogens (tertiary/aromatic N) is 4. The molecule has 0 aliphatic heterocycles. The van der Waals surface area contributed by atoms with E-state index in [1.54, 1.807) is 30.5 Å². The van der Waals surface area contributed by atoms with Gasteiger partial charge in [0, 0.05) is 24.5 Å². The molecule has 6 nitrogen and oxygen atoms in total. The van der Waals surface area contributed by atoms with E-state index < -0.39 is 23.5 Å². The molecule has 3 aromatic rings. The maximum atomic E-state index is 13.0. The number of pyridine rings is 1. The summed E-state index contributed by atoms with van der Waals surface area (Å²) in [6, 6.07) is 6.51. The average Bonchev–Trinajstić information content (AvgIpc) is 3.16. The van der Waals surface area contributed by atoms with Crippen LogP contribution in [0.2, 0.25) is 0 Å². The summed E-state index contributed by atoms with van der Waals surface area (Å²) in [6.07, 6.45) is -4.04. The molecular formula is C18H14F6N6. The highest BCUT2D eigenvalue weighted by molar-refractivity contribution is 5.58. The van der Waals surface area contributed by atoms with Gasteiger partial charge in [0.25, 0.3) is 0 Å². The van der Waals surface area contributed by atoms with Crippen LogP contribution in [0.1, 0.15) is 11.1 Å². The number of nitrogens with one attached hydrogen (secondary N) is 2. The van der Waals surface area contributed by atoms with Gasteiger partial charge in [-0.25, -0.2) is 20.1 Å². The second kappa shape index (κ2) is 8.53. The Balaban J connectivity index is 1.72. The third-order valence-electron chi connectivity index (χ3n) is 3.71. The Morgan fingerprint density at radius 2 is 1.63 bits per heavy atom. The van der Waals surface area contributed by atoms with E-state index in [-0.39, 0.29) is 17.5 Å². The van der Waals surface area contributed by atoms with Crippen molar-refractivity contribution in [2.75, 3.05) is 12.0 Å². The van der Waals surface area contributed by atoms with Crippen LogP contribution in [-0.2, 0) is 12.4 Å². The van der Waals surface area contributed by atoms with Crippen molar-refractivity contribution in [2.24, 2.45) is 0 Å². The van der Waals surface area contributed by atoms with E-state index in [9.17, 15) is 26.3 Å². The molecular weight excluding hydrogens is 414 g/mol. The van der Waals surface area contributed by atoms with Gasteiger partial charge in [0.1, 0.15) is 12.1 Å². The van der Waals surface area contributed by atoms with Crippen LogP contribution in [-0.4, -0.2) is 26.3 Å². The SMILES string of the molecule is FC(F)(F)c1cc(-c2ncn(/C=C\CNNc3ccccn3)n2)cc(C(F)(F)F)c1. The van der Waals surface area contributed by atoms with E-state index in [1.165, 1.54) is 17.2 Å². The van der Waals surface area contributed by atoms with Crippen LogP contribution in [0.4, 0.5) is 32.2 Å². The molecule has 0 unspecified atom stereocenters. The highest BCUT2D eigenvalue weighted by Gasteiger charge is 2.37. The molecule has 0 atom stereocenters. The lowest BCUT2D eigenvalue weighted by molar-refractivity contribution is -0.143. The Morgan fingerprint density at radius 1 is 0.933 bits per heavy atom. The summed E-state index contributed by atoms with van der Waals surface area (Å²) >= 11 is 0. The molecule has 0 saturated carbocycles. The molecule has 0 fully saturated rings. The minimum Gasteiger partial charge on any atom is -0.306 e. The molecule has 0 aliphatic carbocycles. The van der Waals surface area contributed by atoms with Gasteiger partial charge in [-0.1, -0.05) is 12.1 Å². The van der Waals surface area contributed by atoms with Crippen LogP contribution in [0.5, 0.6) is 0 Å². The zero-order valence-electron chi connectivity index (χ0n) is 15.0. The molecule has 0 bridgehead atoms. The highest BCUT2D eigenvalue weighted by Crippen LogP contribution is 2.37. The fourth-order valence-corrected chi connectivity index (χ4v) is 2.36. The standard InChI is InChI=1S/C18H14F6N6/c19-17(20,21)13-8-12(9-14(10-13)18(22,23)24)16-26-11-30(29-16)7-3-6-27-28-15-4-1-2-5-25-15/h1-5,7-11,27H,6H2,(H,25,28)/b7-3-. The number of benzene rings is 1. The number of alkyl halides is 6. The number of hydrogen-bond donors (Lipinski definition) is 2. The second-order valence-electron chi connectivity index (χ2n) is 5.95. The quantitative estimate of drug-likeness (QED) is 0.345. The lowest BCUT2D eigenvalue weighted by Gasteiger charge is -2.13. The molecule has 0 amide bonds. The molecule has 0 saturated heterocycles. The summed E-state index contributed by atoms with van der Waals surface area (Å²) in [4.78, 5) is 7.83. The first-order valence-corrected chi connectivity index (χ1v) is 8.40. The van der Waals surface area contributed by atoms with Crippen molar-refractivity contribution >= 4 is 12.0 Å². The molecule has 0 radical (unpaired) electrons. The molecule has 158 valence electrons. The van der Waals surface area contributed by atoms with Gasteiger partial charge in [-0.3, -0.25) is 0 Å². The minimum atomic E-state index is -4.94. The van der Waals surface area contributed by atoms with Crippen LogP contribution in [0.25, 0.3) is 17.6 Å². The molecule has 1 aromatic carbocycles. The van der Waals surface area contributed by atoms with Gasteiger partial charge in [-0.2, -0.15) is 26.3 Å². The molecule has 2 aromatic heterocycles. The number of halogens is 6. The number of rotatable bonds is 6. The smallest absolute Gasteiger partial charge is 0.306 e. The lowest BCUT2D eigenvalue weighted by Crippen LogP contribution is -2.22. The Hall–Kier alpha value is -3.41. The van der Waals surface area contributed by atoms with Gasteiger partial charge in [-0.15, -0.1) is 5.10 Å². The molecule has 30 heavy (non-hydrogen) atoms. The van der Waals surface area contributed by atoms with E-state index in [0.717, 1.165) is 0 Å². The first-order valence-electron chi connectivity index (χ1n) is 8.40. The molecule has 3 rings (SSSR count). The normalized spacial score (nSPS) is 12.5. The van der Waals surface area contributed by atoms with Crippen LogP contribution in [0, 0.1) is 0 Å². The summed E-state index contributed by atoms with van der Waals surface area (Å²) in [7, 11) is 0. The van der Waals surface area contributed by atoms with Crippen LogP contribution >= 0.6 is 0 Å². The van der Waals surface area contributed by atoms with E-state index in [4.69, 9.17) is 0 Å². The van der Waals surface area contributed by atoms with Crippen molar-refractivity contribution < 1.29 is 26.3 Å². The minimum absolute atomic E-state index is 0.0562. The van der Waals surface area contributed by atoms with E-state index in [1.807, 2.05) is 0 Å². The van der Waals surface area contributed by atoms with Crippen molar-refractivity contribution in [1.29, 1.82) is 0 Å². The Bertz CT molecular complexity index is 978. The number of aromatic nitrogens is 4. The number of hydrogen-bond acceptors (Lipinski definition) is 5. The van der Waals surface area contributed by atoms with E-state index in [0.29, 0.717) is 24.5 Å². The molecule has 0 aliphatic rings. The maximum Gasteiger partial charge on any atom is 0.416 e. The monoisotopic (exact) mass is 428 g/mol. The van der Waals surface area contributed by atoms with Crippen LogP contribution < -0.4 is 10.9 Å². The summed E-state index contributed by atoms with van der Waals surface area (Å²) < 4.78 is 79.0. The van der Waals surface area contributed by atoms with E-state index in [2.05, 4.69) is 25.9 Å². The first-order chi connectivity index (χ1) is 14.1. The highest BCUT2D eigenvalue weighted by atomic mass is 19.4. The van der Waals surface area contributed by atoms with Crippen LogP contribution in [0.15, 0.2) is 55.0 Å². The van der Waals surface area contributed by atoms with Gasteiger partial charge in [0.05, 0.1) is 11.1 Å². The lowest BCUT2D eigenvalue weighted by atomic mass is 10.0. The van der Waals surface area contributed by atoms with Crippen molar-refractivity contribution in [3.05, 3.63) is 66.1 Å². The molecule has 2 N–H and O–H groups in total. The van der Waals surface area contributed by atoms with Gasteiger partial charge in [0.2, 0.25) is 0 Å². The zero-order valence-corrected chi connectivity index (χ0v) is 15.0. The van der Waals surface area contributed by atoms with Gasteiger partial charge in [0.15, 0.2) is 5.82 Å². The summed E-state index contributed by atoms with van der Waals surface area (Å²) in [5.74, 6) is 0.328. The summed E-state index contributed by atoms with van der Waals surface area (Å²) in [6.45, 7) is 0.327. The van der Waals surface area contributed by atoms with Crippen molar-refractivity contribution in [3.63, 3.8) is 0 Å². The maximum absolute atomic E-state index is 13.0. The van der Waals surface area contributed by atoms with Gasteiger partial charge >= 0.3 is 12.4 Å². The van der Waals surface area contributed by atoms with Crippen molar-refractivity contribution in [3.8, 4) is 11.4 Å². The van der Waals surface area contributed by atoms with Crippen LogP contribution in [0.3, 0.4) is 0 Å². The zero-order chi connectivity index (χ0) is 21.8. The third kappa shape index (κ3) is 5.56. The first kappa shape index (κ1) is 21.3. The third-order valence-corrected chi connectivity index (χ3v) is 3.71.